The molecule has 0 aliphatic rings. The molecule has 10 nitrogen and oxygen atoms in total. The first-order valence-corrected chi connectivity index (χ1v) is 6.26. The Morgan fingerprint density at radius 1 is 1.41 bits per heavy atom. The maximum atomic E-state index is 10.2. The topological polar surface area (TPSA) is 194 Å². The van der Waals surface area contributed by atoms with E-state index in [0.29, 0.717) is 25.1 Å². The van der Waals surface area contributed by atoms with Gasteiger partial charge in [0.2, 0.25) is 0 Å². The number of guanidine groups is 1. The highest BCUT2D eigenvalue weighted by Crippen LogP contribution is 1.94. The van der Waals surface area contributed by atoms with Crippen molar-refractivity contribution < 1.29 is 19.8 Å². The highest BCUT2D eigenvalue weighted by molar-refractivity contribution is 5.84. The molecule has 1 heterocycles. The van der Waals surface area contributed by atoms with E-state index in [0.717, 1.165) is 6.08 Å². The van der Waals surface area contributed by atoms with Crippen molar-refractivity contribution >= 4 is 24.0 Å². The second-order valence-corrected chi connectivity index (χ2v) is 4.07. The van der Waals surface area contributed by atoms with Crippen LogP contribution in [0.5, 0.6) is 0 Å². The normalized spacial score (nSPS) is 11.3. The summed E-state index contributed by atoms with van der Waals surface area (Å²) in [5, 5.41) is 16.6. The summed E-state index contributed by atoms with van der Waals surface area (Å²) in [5.74, 6) is -1.95. The van der Waals surface area contributed by atoms with E-state index in [1.165, 1.54) is 12.4 Å². The number of carboxylic acid groups (broad SMARTS) is 2. The van der Waals surface area contributed by atoms with Gasteiger partial charge in [-0.2, -0.15) is 0 Å². The average Bonchev–Trinajstić information content (AvgIpc) is 2.94. The van der Waals surface area contributed by atoms with E-state index in [1.807, 2.05) is 0 Å². The summed E-state index contributed by atoms with van der Waals surface area (Å²) >= 11 is 0. The first-order valence-electron chi connectivity index (χ1n) is 6.26. The summed E-state index contributed by atoms with van der Waals surface area (Å²) in [6, 6.07) is -0.820. The number of carbonyl (C=O) groups is 2. The van der Waals surface area contributed by atoms with Crippen LogP contribution in [0.2, 0.25) is 0 Å². The number of aliphatic carboxylic acids is 2. The first-order chi connectivity index (χ1) is 10.3. The summed E-state index contributed by atoms with van der Waals surface area (Å²) in [6.07, 6.45) is 6.47. The largest absolute Gasteiger partial charge is 0.480 e. The number of aromatic nitrogens is 2. The molecule has 0 amide bonds. The van der Waals surface area contributed by atoms with E-state index in [-0.39, 0.29) is 5.96 Å². The molecule has 1 atom stereocenters. The van der Waals surface area contributed by atoms with Gasteiger partial charge in [0.05, 0.1) is 18.2 Å². The van der Waals surface area contributed by atoms with Gasteiger partial charge in [-0.3, -0.25) is 9.79 Å². The molecule has 0 aromatic carbocycles. The van der Waals surface area contributed by atoms with Gasteiger partial charge in [-0.1, -0.05) is 0 Å². The molecular formula is C12H20N6O4. The van der Waals surface area contributed by atoms with Crippen LogP contribution in [0.4, 0.5) is 0 Å². The van der Waals surface area contributed by atoms with Gasteiger partial charge in [-0.25, -0.2) is 9.78 Å². The van der Waals surface area contributed by atoms with Crippen molar-refractivity contribution in [3.8, 4) is 0 Å². The Balaban J connectivity index is 0.000000406. The van der Waals surface area contributed by atoms with Crippen molar-refractivity contribution in [2.45, 2.75) is 18.9 Å². The number of aromatic amines is 1. The predicted molar refractivity (Wildman–Crippen MR) is 80.8 cm³/mol. The summed E-state index contributed by atoms with van der Waals surface area (Å²) in [7, 11) is 0. The molecule has 1 aromatic rings. The third kappa shape index (κ3) is 11.0. The van der Waals surface area contributed by atoms with E-state index < -0.39 is 18.0 Å². The molecule has 9 N–H and O–H groups in total. The Morgan fingerprint density at radius 3 is 2.55 bits per heavy atom. The van der Waals surface area contributed by atoms with Gasteiger partial charge in [0, 0.05) is 12.6 Å². The number of aliphatic imine (C=N–C) groups is 1. The molecule has 1 aromatic heterocycles. The molecule has 122 valence electrons. The zero-order valence-corrected chi connectivity index (χ0v) is 11.8. The summed E-state index contributed by atoms with van der Waals surface area (Å²) in [4.78, 5) is 30.3. The molecule has 0 bridgehead atoms. The fraction of sp³-hybridized carbons (Fsp3) is 0.333. The van der Waals surface area contributed by atoms with Gasteiger partial charge in [0.1, 0.15) is 6.04 Å². The van der Waals surface area contributed by atoms with Gasteiger partial charge in [0.15, 0.2) is 5.96 Å². The van der Waals surface area contributed by atoms with E-state index >= 15 is 0 Å². The van der Waals surface area contributed by atoms with E-state index in [1.54, 1.807) is 6.20 Å². The number of nitrogens with zero attached hydrogens (tertiary/aromatic N) is 2. The van der Waals surface area contributed by atoms with Gasteiger partial charge in [-0.05, 0) is 18.9 Å². The number of imidazole rings is 1. The smallest absolute Gasteiger partial charge is 0.328 e. The SMILES string of the molecule is NC(N)=NCCC[C@H](N)C(=O)O.O=C(O)/C=C/c1cnc[nH]1. The predicted octanol–water partition coefficient (Wildman–Crippen LogP) is -1.04. The van der Waals surface area contributed by atoms with Gasteiger partial charge >= 0.3 is 11.9 Å². The van der Waals surface area contributed by atoms with Crippen LogP contribution in [0.15, 0.2) is 23.6 Å². The standard InChI is InChI=1S/C6H14N4O2.C6H6N2O2/c7-4(5(11)12)2-1-3-10-6(8)9;9-6(10)2-1-5-3-7-4-8-5/h4H,1-3,7H2,(H,11,12)(H4,8,9,10);1-4H,(H,7,8)(H,9,10)/b;2-1+/t4-;/m0./s1. The lowest BCUT2D eigenvalue weighted by Gasteiger charge is -2.03. The highest BCUT2D eigenvalue weighted by atomic mass is 16.4. The second kappa shape index (κ2) is 10.9. The fourth-order valence-corrected chi connectivity index (χ4v) is 1.16. The van der Waals surface area contributed by atoms with Crippen molar-refractivity contribution in [2.24, 2.45) is 22.2 Å². The zero-order chi connectivity index (χ0) is 17.0. The Bertz CT molecular complexity index is 508. The van der Waals surface area contributed by atoms with Crippen LogP contribution in [-0.2, 0) is 9.59 Å². The lowest BCUT2D eigenvalue weighted by atomic mass is 10.2. The Labute approximate surface area is 126 Å². The molecule has 1 rings (SSSR count). The Morgan fingerprint density at radius 2 is 2.09 bits per heavy atom. The molecule has 0 radical (unpaired) electrons. The van der Waals surface area contributed by atoms with Gasteiger partial charge < -0.3 is 32.4 Å². The van der Waals surface area contributed by atoms with E-state index in [9.17, 15) is 9.59 Å². The molecule has 0 saturated carbocycles. The molecule has 0 saturated heterocycles. The highest BCUT2D eigenvalue weighted by Gasteiger charge is 2.09. The van der Waals surface area contributed by atoms with Crippen molar-refractivity contribution in [1.82, 2.24) is 9.97 Å². The lowest BCUT2D eigenvalue weighted by molar-refractivity contribution is -0.138. The molecule has 22 heavy (non-hydrogen) atoms. The number of hydrogen-bond acceptors (Lipinski definition) is 5. The minimum absolute atomic E-state index is 0.0129. The lowest BCUT2D eigenvalue weighted by Crippen LogP contribution is -2.30. The average molecular weight is 312 g/mol. The molecule has 0 aliphatic heterocycles. The second-order valence-electron chi connectivity index (χ2n) is 4.07. The Kier molecular flexibility index (Phi) is 9.43. The van der Waals surface area contributed by atoms with Crippen molar-refractivity contribution in [3.05, 3.63) is 24.3 Å². The van der Waals surface area contributed by atoms with Crippen molar-refractivity contribution in [3.63, 3.8) is 0 Å². The van der Waals surface area contributed by atoms with Crippen LogP contribution < -0.4 is 17.2 Å². The number of rotatable bonds is 7. The fourth-order valence-electron chi connectivity index (χ4n) is 1.16. The first kappa shape index (κ1) is 19.1. The maximum absolute atomic E-state index is 10.2. The number of carboxylic acids is 2. The van der Waals surface area contributed by atoms with Crippen LogP contribution in [-0.4, -0.2) is 50.7 Å². The van der Waals surface area contributed by atoms with E-state index in [2.05, 4.69) is 15.0 Å². The number of nitrogens with one attached hydrogen (secondary N) is 1. The van der Waals surface area contributed by atoms with Gasteiger partial charge in [0.25, 0.3) is 0 Å². The molecule has 0 spiro atoms. The van der Waals surface area contributed by atoms with Crippen molar-refractivity contribution in [1.29, 1.82) is 0 Å². The summed E-state index contributed by atoms with van der Waals surface area (Å²) < 4.78 is 0. The summed E-state index contributed by atoms with van der Waals surface area (Å²) in [6.45, 7) is 0.420. The van der Waals surface area contributed by atoms with Crippen LogP contribution in [0, 0.1) is 0 Å². The van der Waals surface area contributed by atoms with Gasteiger partial charge in [-0.15, -0.1) is 0 Å². The van der Waals surface area contributed by atoms with Crippen LogP contribution >= 0.6 is 0 Å². The third-order valence-electron chi connectivity index (χ3n) is 2.21. The molecule has 0 unspecified atom stereocenters. The maximum Gasteiger partial charge on any atom is 0.328 e. The minimum Gasteiger partial charge on any atom is -0.480 e. The van der Waals surface area contributed by atoms with Crippen molar-refractivity contribution in [2.75, 3.05) is 6.54 Å². The minimum atomic E-state index is -1.00. The quantitative estimate of drug-likeness (QED) is 0.159. The number of hydrogen-bond donors (Lipinski definition) is 6. The summed E-state index contributed by atoms with van der Waals surface area (Å²) in [5.41, 5.74) is 16.0. The zero-order valence-electron chi connectivity index (χ0n) is 11.8. The third-order valence-corrected chi connectivity index (χ3v) is 2.21. The van der Waals surface area contributed by atoms with Crippen LogP contribution in [0.25, 0.3) is 6.08 Å². The molecule has 0 aliphatic carbocycles. The number of nitrogens with two attached hydrogens (primary N) is 3. The van der Waals surface area contributed by atoms with Crippen LogP contribution in [0.1, 0.15) is 18.5 Å². The number of H-pyrrole nitrogens is 1. The Hall–Kier alpha value is -2.88. The van der Waals surface area contributed by atoms with E-state index in [4.69, 9.17) is 27.4 Å². The molecular weight excluding hydrogens is 292 g/mol. The molecule has 10 heteroatoms. The monoisotopic (exact) mass is 312 g/mol. The van der Waals surface area contributed by atoms with Crippen LogP contribution in [0.3, 0.4) is 0 Å². The molecule has 0 fully saturated rings.